The summed E-state index contributed by atoms with van der Waals surface area (Å²) >= 11 is 35.9. The van der Waals surface area contributed by atoms with Gasteiger partial charge in [0.2, 0.25) is 49.2 Å². The number of ether oxygens (including phenoxy) is 3. The Balaban J connectivity index is 0.000000113. The highest BCUT2D eigenvalue weighted by molar-refractivity contribution is 6.32. The predicted molar refractivity (Wildman–Crippen MR) is 564 cm³/mol. The van der Waals surface area contributed by atoms with Crippen LogP contribution in [0, 0.1) is 125 Å². The number of carbonyl (C=O) groups excluding carboxylic acids is 6. The fourth-order valence-electron chi connectivity index (χ4n) is 20.3. The molecular weight excluding hydrogens is 2040 g/mol. The van der Waals surface area contributed by atoms with Gasteiger partial charge < -0.3 is 76.6 Å². The number of fused-ring (bicyclic) bond motifs is 6. The normalized spacial score (nSPS) is 24.1. The first kappa shape index (κ1) is 105. The fourth-order valence-corrected chi connectivity index (χ4v) is 21.4. The van der Waals surface area contributed by atoms with Crippen LogP contribution in [-0.4, -0.2) is 252 Å². The van der Waals surface area contributed by atoms with Crippen molar-refractivity contribution in [1.29, 1.82) is 0 Å². The molecule has 6 aromatic carbocycles. The van der Waals surface area contributed by atoms with Gasteiger partial charge in [-0.25, -0.2) is 9.59 Å². The molecule has 15 aliphatic heterocycles. The molecule has 1 saturated carbocycles. The smallest absolute Gasteiger partial charge is 0.413 e. The molecular formula is C113H106Cl6N14O17. The van der Waals surface area contributed by atoms with Gasteiger partial charge in [-0.3, -0.25) is 33.9 Å². The summed E-state index contributed by atoms with van der Waals surface area (Å²) in [4.78, 5) is 123. The van der Waals surface area contributed by atoms with E-state index in [9.17, 15) is 28.8 Å². The first-order valence-corrected chi connectivity index (χ1v) is 52.6. The van der Waals surface area contributed by atoms with E-state index in [0.29, 0.717) is 135 Å². The Morgan fingerprint density at radius 1 is 0.333 bits per heavy atom. The van der Waals surface area contributed by atoms with Crippen LogP contribution in [0.15, 0.2) is 216 Å². The number of halogens is 6. The Morgan fingerprint density at radius 3 is 0.987 bits per heavy atom. The highest BCUT2D eigenvalue weighted by atomic mass is 35.5. The van der Waals surface area contributed by atoms with Gasteiger partial charge in [-0.1, -0.05) is 185 Å². The van der Waals surface area contributed by atoms with Gasteiger partial charge in [-0.05, 0) is 241 Å². The predicted octanol–water partition coefficient (Wildman–Crippen LogP) is 17.9. The summed E-state index contributed by atoms with van der Waals surface area (Å²) in [5, 5.41) is 28.5. The standard InChI is InChI=1S/C19H21ClN4O2.C19H19ClN2O4.C19H15ClN2O3.C19H19ClN2O3.C19H19ClN2O2.C18H13ClN2O3/c1-22-9-11-23(12-10-22)19(25)24-8-7-16-17(21-26-18(16)24)6-5-14-3-2-4-15(20)13-14;20-14-3-1-2-13(12-14)4-5-17-16-6-9-22(18(16)26-21-17)19(23)25-15-7-10-24-11-8-15;1-12-5-8-17(24-12)18(23)22-10-9-15-16(21-25-19(15)22)7-6-13-3-2-4-14(20)11-13;20-15-3-1-2-13(12-15)4-5-17-16-6-9-22(19(16)25-21-17)18(23)14-7-10-24-11-8-14;20-15-7-3-4-13(12-15)8-9-17-16-10-11-22(19(16)24-21-17)18(23)14-5-1-2-6-14;19-14-3-1-2-12(10-14)4-5-16-15-6-8-21(18(15)24-20-16)17(22)13-7-9-23-11-13/h2-4,13,16,18H,7-12H2,1H3;1-3,12,15-16,18H,6-11H2;2-5,8,11,15,19H,9-10H2,1H3;1-3,12,14,16,19H,6-11H2;3-4,7,12,14,16,19H,1-2,5-6,10-11H2;1-3,7,9-11,15,18H,6,8H2. The lowest BCUT2D eigenvalue weighted by Gasteiger charge is -2.35. The molecule has 12 unspecified atom stereocenters. The van der Waals surface area contributed by atoms with Gasteiger partial charge in [0.1, 0.15) is 52.4 Å². The van der Waals surface area contributed by atoms with Crippen LogP contribution in [0.1, 0.15) is 150 Å². The van der Waals surface area contributed by atoms with Crippen molar-refractivity contribution in [2.45, 2.75) is 140 Å². The van der Waals surface area contributed by atoms with Crippen LogP contribution in [0.3, 0.4) is 0 Å². The molecule has 9 saturated heterocycles. The second-order valence-electron chi connectivity index (χ2n) is 38.3. The van der Waals surface area contributed by atoms with E-state index in [1.165, 1.54) is 12.5 Å². The third-order valence-electron chi connectivity index (χ3n) is 28.4. The Bertz CT molecular complexity index is 6980. The molecule has 7 amide bonds. The van der Waals surface area contributed by atoms with Crippen molar-refractivity contribution in [3.63, 3.8) is 0 Å². The van der Waals surface area contributed by atoms with Crippen LogP contribution < -0.4 is 0 Å². The molecule has 8 aromatic rings. The first-order chi connectivity index (χ1) is 73.1. The number of furan rings is 2. The molecule has 2 aromatic heterocycles. The van der Waals surface area contributed by atoms with Crippen molar-refractivity contribution in [3.8, 4) is 71.0 Å². The quantitative estimate of drug-likeness (QED) is 0.145. The van der Waals surface area contributed by atoms with E-state index in [4.69, 9.17) is 122 Å². The molecule has 150 heavy (non-hydrogen) atoms. The molecule has 31 nitrogen and oxygen atoms in total. The minimum atomic E-state index is -0.425. The number of rotatable bonds is 5. The van der Waals surface area contributed by atoms with Crippen LogP contribution in [0.2, 0.25) is 30.1 Å². The molecule has 12 atom stereocenters. The zero-order valence-electron chi connectivity index (χ0n) is 82.2. The highest BCUT2D eigenvalue weighted by Crippen LogP contribution is 2.41. The maximum Gasteiger partial charge on any atom is 0.413 e. The second-order valence-corrected chi connectivity index (χ2v) is 40.9. The number of likely N-dealkylation sites (tertiary alicyclic amines) is 6. The van der Waals surface area contributed by atoms with Crippen molar-refractivity contribution >= 4 is 140 Å². The van der Waals surface area contributed by atoms with E-state index >= 15 is 0 Å². The monoisotopic (exact) mass is 2140 g/mol. The Hall–Kier alpha value is -13.9. The van der Waals surface area contributed by atoms with Gasteiger partial charge in [-0.2, -0.15) is 0 Å². The molecule has 0 spiro atoms. The number of urea groups is 1. The zero-order valence-corrected chi connectivity index (χ0v) is 86.7. The molecule has 1 aliphatic carbocycles. The van der Waals surface area contributed by atoms with Gasteiger partial charge in [0, 0.05) is 167 Å². The van der Waals surface area contributed by atoms with E-state index in [1.807, 2.05) is 131 Å². The molecule has 772 valence electrons. The second kappa shape index (κ2) is 49.3. The lowest BCUT2D eigenvalue weighted by atomic mass is 9.98. The van der Waals surface area contributed by atoms with Gasteiger partial charge in [0.15, 0.2) is 5.76 Å². The Labute approximate surface area is 899 Å². The molecule has 10 fully saturated rings. The van der Waals surface area contributed by atoms with Gasteiger partial charge in [0.05, 0.1) is 60.5 Å². The molecule has 16 aliphatic rings. The topological polar surface area (TPSA) is 312 Å². The average molecular weight is 2140 g/mol. The van der Waals surface area contributed by atoms with Crippen molar-refractivity contribution < 1.29 is 80.8 Å². The number of hydrogen-bond acceptors (Lipinski definition) is 24. The summed E-state index contributed by atoms with van der Waals surface area (Å²) in [5.74, 6) is 38.4. The van der Waals surface area contributed by atoms with Crippen LogP contribution in [0.25, 0.3) is 0 Å². The van der Waals surface area contributed by atoms with Crippen LogP contribution in [-0.2, 0) is 52.8 Å². The summed E-state index contributed by atoms with van der Waals surface area (Å²) in [5.41, 5.74) is 9.65. The van der Waals surface area contributed by atoms with Gasteiger partial charge in [0.25, 0.3) is 11.8 Å². The summed E-state index contributed by atoms with van der Waals surface area (Å²) < 4.78 is 26.6. The fraction of sp³-hybridized carbons (Fsp3) is 0.398. The molecule has 0 bridgehead atoms. The summed E-state index contributed by atoms with van der Waals surface area (Å²) in [6.45, 7) is 11.6. The van der Waals surface area contributed by atoms with Crippen LogP contribution >= 0.6 is 69.6 Å². The molecule has 0 radical (unpaired) electrons. The first-order valence-electron chi connectivity index (χ1n) is 50.4. The van der Waals surface area contributed by atoms with Crippen LogP contribution in [0.5, 0.6) is 0 Å². The third kappa shape index (κ3) is 25.5. The number of benzene rings is 6. The molecule has 24 rings (SSSR count). The van der Waals surface area contributed by atoms with Gasteiger partial charge >= 0.3 is 12.1 Å². The summed E-state index contributed by atoms with van der Waals surface area (Å²) in [6, 6.07) is 49.4. The number of nitrogens with zero attached hydrogens (tertiary/aromatic N) is 14. The van der Waals surface area contributed by atoms with E-state index in [1.54, 1.807) is 74.2 Å². The lowest BCUT2D eigenvalue weighted by molar-refractivity contribution is -0.149. The number of carbonyl (C=O) groups is 6. The Morgan fingerprint density at radius 2 is 0.647 bits per heavy atom. The molecule has 0 N–H and O–H groups in total. The van der Waals surface area contributed by atoms with E-state index in [-0.39, 0.29) is 108 Å². The number of oxime groups is 6. The van der Waals surface area contributed by atoms with E-state index < -0.39 is 18.7 Å². The maximum atomic E-state index is 12.8. The average Bonchev–Trinajstić information content (AvgIpc) is 1.65. The van der Waals surface area contributed by atoms with Crippen molar-refractivity contribution in [2.75, 3.05) is 98.9 Å². The van der Waals surface area contributed by atoms with Gasteiger partial charge in [-0.15, -0.1) is 0 Å². The van der Waals surface area contributed by atoms with Crippen LogP contribution in [0.4, 0.5) is 9.59 Å². The van der Waals surface area contributed by atoms with Crippen molar-refractivity contribution in [3.05, 3.63) is 257 Å². The van der Waals surface area contributed by atoms with Crippen molar-refractivity contribution in [1.82, 2.24) is 39.2 Å². The molecule has 17 heterocycles. The largest absolute Gasteiger partial charge is 0.472 e. The highest BCUT2D eigenvalue weighted by Gasteiger charge is 2.53. The van der Waals surface area contributed by atoms with Crippen molar-refractivity contribution in [2.24, 2.45) is 78.3 Å². The minimum Gasteiger partial charge on any atom is -0.472 e. The van der Waals surface area contributed by atoms with E-state index in [2.05, 4.69) is 114 Å². The number of aryl methyl sites for hydroxylation is 1. The van der Waals surface area contributed by atoms with E-state index in [0.717, 1.165) is 162 Å². The maximum absolute atomic E-state index is 12.8. The number of hydrogen-bond donors (Lipinski definition) is 0. The minimum absolute atomic E-state index is 0.00698. The molecule has 37 heteroatoms. The number of piperazine rings is 1. The SMILES string of the molecule is CN1CCN(C(=O)N2CCC3C(C#Cc4cccc(Cl)c4)=NOC32)CC1.Cc1ccc(C(=O)N2CCC3C(C#Cc4cccc(Cl)c4)=NOC32)o1.O=C(C1CCCC1)N1CCC2C(C#Cc3cccc(Cl)c3)=NOC21.O=C(C1CCOCC1)N1CCC2C(C#Cc3cccc(Cl)c3)=NOC21.O=C(OC1CCOCC1)N1CCC2C(C#Cc3cccc(Cl)c3)=NOC21.O=C(c1ccoc1)N1CCC2C(C#Cc3cccc(Cl)c3)=NOC21. The Kier molecular flexibility index (Phi) is 34.3. The lowest BCUT2D eigenvalue weighted by Crippen LogP contribution is -2.53. The summed E-state index contributed by atoms with van der Waals surface area (Å²) in [6.07, 6.45) is 12.6. The number of likely N-dealkylation sites (N-methyl/N-ethyl adjacent to an activating group) is 1. The number of amides is 7. The third-order valence-corrected chi connectivity index (χ3v) is 29.8. The zero-order chi connectivity index (χ0) is 104. The summed E-state index contributed by atoms with van der Waals surface area (Å²) in [7, 11) is 2.08.